The summed E-state index contributed by atoms with van der Waals surface area (Å²) in [7, 11) is 0. The largest absolute Gasteiger partial charge is 0.384 e. The van der Waals surface area contributed by atoms with Gasteiger partial charge in [0.25, 0.3) is 0 Å². The Morgan fingerprint density at radius 1 is 1.27 bits per heavy atom. The van der Waals surface area contributed by atoms with Crippen LogP contribution in [0.3, 0.4) is 0 Å². The highest BCUT2D eigenvalue weighted by Gasteiger charge is 2.22. The molecule has 0 bridgehead atoms. The van der Waals surface area contributed by atoms with Gasteiger partial charge in [0.15, 0.2) is 0 Å². The lowest BCUT2D eigenvalue weighted by molar-refractivity contribution is 0.232. The molecule has 1 aliphatic carbocycles. The number of aromatic nitrogens is 1. The van der Waals surface area contributed by atoms with Crippen LogP contribution in [0.1, 0.15) is 22.1 Å². The highest BCUT2D eigenvalue weighted by atomic mass is 32.1. The summed E-state index contributed by atoms with van der Waals surface area (Å²) in [5.41, 5.74) is 5.01. The minimum Gasteiger partial charge on any atom is -0.384 e. The number of nitrogens with zero attached hydrogens (tertiary/aromatic N) is 1. The van der Waals surface area contributed by atoms with Crippen molar-refractivity contribution in [2.24, 2.45) is 0 Å². The number of fused-ring (bicyclic) bond motifs is 1. The lowest BCUT2D eigenvalue weighted by Gasteiger charge is -2.03. The van der Waals surface area contributed by atoms with Crippen molar-refractivity contribution < 1.29 is 5.11 Å². The van der Waals surface area contributed by atoms with Crippen LogP contribution in [0.2, 0.25) is 0 Å². The molecule has 1 atom stereocenters. The fraction of sp³-hybridized carbons (Fsp3) is 0.0833. The third-order valence-corrected chi connectivity index (χ3v) is 3.40. The van der Waals surface area contributed by atoms with E-state index in [0.717, 1.165) is 21.6 Å². The summed E-state index contributed by atoms with van der Waals surface area (Å²) < 4.78 is 0. The van der Waals surface area contributed by atoms with Crippen molar-refractivity contribution in [3.05, 3.63) is 58.1 Å². The van der Waals surface area contributed by atoms with Crippen LogP contribution >= 0.6 is 11.3 Å². The van der Waals surface area contributed by atoms with Crippen LogP contribution in [-0.4, -0.2) is 10.1 Å². The van der Waals surface area contributed by atoms with Crippen molar-refractivity contribution in [2.45, 2.75) is 6.10 Å². The molecule has 0 radical (unpaired) electrons. The summed E-state index contributed by atoms with van der Waals surface area (Å²) in [5, 5.41) is 9.86. The van der Waals surface area contributed by atoms with Crippen molar-refractivity contribution in [1.82, 2.24) is 4.98 Å². The van der Waals surface area contributed by atoms with E-state index in [1.165, 1.54) is 0 Å². The summed E-state index contributed by atoms with van der Waals surface area (Å²) in [6, 6.07) is 7.94. The molecule has 1 aliphatic rings. The van der Waals surface area contributed by atoms with Crippen LogP contribution < -0.4 is 0 Å². The molecule has 2 aromatic rings. The van der Waals surface area contributed by atoms with Gasteiger partial charge in [0.2, 0.25) is 0 Å². The van der Waals surface area contributed by atoms with Crippen LogP contribution in [0.25, 0.3) is 5.57 Å². The van der Waals surface area contributed by atoms with E-state index in [-0.39, 0.29) is 0 Å². The molecule has 1 N–H and O–H groups in total. The molecule has 1 unspecified atom stereocenters. The molecule has 0 aliphatic heterocycles. The zero-order valence-electron chi connectivity index (χ0n) is 7.92. The van der Waals surface area contributed by atoms with Gasteiger partial charge in [-0.3, -0.25) is 4.98 Å². The van der Waals surface area contributed by atoms with E-state index in [1.54, 1.807) is 11.3 Å². The normalized spacial score (nSPS) is 18.7. The molecule has 1 aromatic carbocycles. The average molecular weight is 215 g/mol. The Hall–Kier alpha value is -1.45. The number of hydrogen-bond donors (Lipinski definition) is 1. The van der Waals surface area contributed by atoms with Crippen molar-refractivity contribution in [2.75, 3.05) is 0 Å². The number of aliphatic hydroxyl groups excluding tert-OH is 1. The second kappa shape index (κ2) is 3.29. The van der Waals surface area contributed by atoms with Gasteiger partial charge in [0.05, 0.1) is 16.5 Å². The number of aliphatic hydroxyl groups is 1. The number of hydrogen-bond acceptors (Lipinski definition) is 3. The molecule has 0 saturated carbocycles. The average Bonchev–Trinajstić information content (AvgIpc) is 2.87. The summed E-state index contributed by atoms with van der Waals surface area (Å²) in [6.07, 6.45) is 3.25. The molecule has 0 amide bonds. The Morgan fingerprint density at radius 2 is 2.13 bits per heavy atom. The van der Waals surface area contributed by atoms with E-state index in [2.05, 4.69) is 4.98 Å². The summed E-state index contributed by atoms with van der Waals surface area (Å²) in [4.78, 5) is 5.17. The van der Waals surface area contributed by atoms with Gasteiger partial charge in [-0.1, -0.05) is 24.3 Å². The maximum Gasteiger partial charge on any atom is 0.0987 e. The lowest BCUT2D eigenvalue weighted by Crippen LogP contribution is -1.89. The molecule has 0 spiro atoms. The monoisotopic (exact) mass is 215 g/mol. The third-order valence-electron chi connectivity index (χ3n) is 2.59. The van der Waals surface area contributed by atoms with Gasteiger partial charge in [-0.05, 0) is 22.8 Å². The SMILES string of the molecule is OC1C=C(c2cncs2)c2ccccc21. The van der Waals surface area contributed by atoms with Crippen LogP contribution in [0.4, 0.5) is 0 Å². The Bertz CT molecular complexity index is 516. The molecule has 0 saturated heterocycles. The minimum absolute atomic E-state index is 0.474. The number of thiazole rings is 1. The van der Waals surface area contributed by atoms with Gasteiger partial charge in [0, 0.05) is 6.20 Å². The number of benzene rings is 1. The molecule has 3 heteroatoms. The van der Waals surface area contributed by atoms with Crippen molar-refractivity contribution >= 4 is 16.9 Å². The first kappa shape index (κ1) is 8.83. The van der Waals surface area contributed by atoms with E-state index in [1.807, 2.05) is 42.0 Å². The second-order valence-electron chi connectivity index (χ2n) is 3.48. The van der Waals surface area contributed by atoms with E-state index < -0.39 is 6.10 Å². The topological polar surface area (TPSA) is 33.1 Å². The van der Waals surface area contributed by atoms with Crippen LogP contribution in [-0.2, 0) is 0 Å². The Balaban J connectivity index is 2.17. The minimum atomic E-state index is -0.474. The second-order valence-corrected chi connectivity index (χ2v) is 4.36. The van der Waals surface area contributed by atoms with Crippen LogP contribution in [0.5, 0.6) is 0 Å². The van der Waals surface area contributed by atoms with Gasteiger partial charge >= 0.3 is 0 Å². The molecule has 15 heavy (non-hydrogen) atoms. The van der Waals surface area contributed by atoms with Gasteiger partial charge in [-0.15, -0.1) is 11.3 Å². The predicted octanol–water partition coefficient (Wildman–Crippen LogP) is 2.62. The first-order chi connectivity index (χ1) is 7.36. The molecule has 1 heterocycles. The quantitative estimate of drug-likeness (QED) is 0.793. The highest BCUT2D eigenvalue weighted by molar-refractivity contribution is 7.10. The van der Waals surface area contributed by atoms with Crippen molar-refractivity contribution in [3.8, 4) is 0 Å². The summed E-state index contributed by atoms with van der Waals surface area (Å²) in [6.45, 7) is 0. The Labute approximate surface area is 91.5 Å². The Kier molecular flexibility index (Phi) is 1.94. The lowest BCUT2D eigenvalue weighted by atomic mass is 10.0. The van der Waals surface area contributed by atoms with E-state index in [4.69, 9.17) is 0 Å². The molecule has 74 valence electrons. The standard InChI is InChI=1S/C12H9NOS/c14-11-5-10(12-6-13-7-15-12)8-3-1-2-4-9(8)11/h1-7,11,14H. The fourth-order valence-corrected chi connectivity index (χ4v) is 2.56. The van der Waals surface area contributed by atoms with Gasteiger partial charge in [-0.25, -0.2) is 0 Å². The molecular weight excluding hydrogens is 206 g/mol. The molecule has 0 fully saturated rings. The van der Waals surface area contributed by atoms with Crippen molar-refractivity contribution in [3.63, 3.8) is 0 Å². The number of rotatable bonds is 1. The van der Waals surface area contributed by atoms with Crippen LogP contribution in [0.15, 0.2) is 42.0 Å². The van der Waals surface area contributed by atoms with E-state index >= 15 is 0 Å². The maximum absolute atomic E-state index is 9.86. The van der Waals surface area contributed by atoms with Gasteiger partial charge in [0.1, 0.15) is 0 Å². The fourth-order valence-electron chi connectivity index (χ4n) is 1.90. The van der Waals surface area contributed by atoms with Crippen LogP contribution in [0, 0.1) is 0 Å². The molecule has 2 nitrogen and oxygen atoms in total. The first-order valence-corrected chi connectivity index (χ1v) is 5.62. The predicted molar refractivity (Wildman–Crippen MR) is 60.6 cm³/mol. The summed E-state index contributed by atoms with van der Waals surface area (Å²) in [5.74, 6) is 0. The van der Waals surface area contributed by atoms with E-state index in [9.17, 15) is 5.11 Å². The summed E-state index contributed by atoms with van der Waals surface area (Å²) >= 11 is 1.60. The van der Waals surface area contributed by atoms with Gasteiger partial charge < -0.3 is 5.11 Å². The zero-order valence-corrected chi connectivity index (χ0v) is 8.74. The molecule has 1 aromatic heterocycles. The maximum atomic E-state index is 9.86. The molecule has 3 rings (SSSR count). The zero-order chi connectivity index (χ0) is 10.3. The Morgan fingerprint density at radius 3 is 2.93 bits per heavy atom. The first-order valence-electron chi connectivity index (χ1n) is 4.74. The van der Waals surface area contributed by atoms with Gasteiger partial charge in [-0.2, -0.15) is 0 Å². The smallest absolute Gasteiger partial charge is 0.0987 e. The molecular formula is C12H9NOS. The van der Waals surface area contributed by atoms with Crippen molar-refractivity contribution in [1.29, 1.82) is 0 Å². The van der Waals surface area contributed by atoms with E-state index in [0.29, 0.717) is 0 Å². The third kappa shape index (κ3) is 1.32. The highest BCUT2D eigenvalue weighted by Crippen LogP contribution is 2.38.